The van der Waals surface area contributed by atoms with E-state index in [9.17, 15) is 9.90 Å². The molecule has 242 valence electrons. The van der Waals surface area contributed by atoms with E-state index in [1.54, 1.807) is 0 Å². The Morgan fingerprint density at radius 2 is 1.69 bits per heavy atom. The van der Waals surface area contributed by atoms with Crippen LogP contribution in [0.2, 0.25) is 0 Å². The molecule has 0 amide bonds. The first kappa shape index (κ1) is 33.8. The second-order valence-corrected chi connectivity index (χ2v) is 15.9. The Morgan fingerprint density at radius 1 is 0.976 bits per heavy atom. The normalized spacial score (nSPS) is 36.7. The van der Waals surface area contributed by atoms with E-state index in [0.717, 1.165) is 93.7 Å². The number of hydrogen-bond donors (Lipinski definition) is 3. The fourth-order valence-corrected chi connectivity index (χ4v) is 10.6. The van der Waals surface area contributed by atoms with Gasteiger partial charge in [-0.3, -0.25) is 0 Å². The number of carboxylic acid groups (broad SMARTS) is 1. The molecule has 0 saturated heterocycles. The van der Waals surface area contributed by atoms with Crippen LogP contribution >= 0.6 is 0 Å². The molecule has 3 fully saturated rings. The molecule has 4 aliphatic carbocycles. The van der Waals surface area contributed by atoms with E-state index in [1.165, 1.54) is 56.9 Å². The van der Waals surface area contributed by atoms with Gasteiger partial charge >= 0.3 is 6.16 Å². The minimum Gasteiger partial charge on any atom is -0.450 e. The summed E-state index contributed by atoms with van der Waals surface area (Å²) in [6.07, 6.45) is 17.5. The topological polar surface area (TPSA) is 102 Å². The molecule has 0 radical (unpaired) electrons. The zero-order valence-electron chi connectivity index (χ0n) is 27.8. The molecule has 4 rings (SSSR count). The summed E-state index contributed by atoms with van der Waals surface area (Å²) in [6.45, 7) is 16.5. The summed E-state index contributed by atoms with van der Waals surface area (Å²) in [7, 11) is 0. The number of rotatable bonds is 15. The maximum Gasteiger partial charge on any atom is 0.506 e. The molecule has 0 aromatic carbocycles. The maximum atomic E-state index is 12.0. The van der Waals surface area contributed by atoms with Crippen LogP contribution in [0.25, 0.3) is 0 Å². The number of allylic oxidation sites excluding steroid dienone is 1. The third-order valence-electron chi connectivity index (χ3n) is 13.0. The number of ether oxygens (including phenoxy) is 1. The van der Waals surface area contributed by atoms with Gasteiger partial charge in [0.05, 0.1) is 0 Å². The van der Waals surface area contributed by atoms with Crippen molar-refractivity contribution in [3.63, 3.8) is 0 Å². The zero-order valence-corrected chi connectivity index (χ0v) is 27.8. The van der Waals surface area contributed by atoms with Gasteiger partial charge in [0.15, 0.2) is 0 Å². The first-order valence-electron chi connectivity index (χ1n) is 17.7. The summed E-state index contributed by atoms with van der Waals surface area (Å²) < 4.78 is 5.84. The van der Waals surface area contributed by atoms with E-state index in [1.807, 2.05) is 0 Å². The first-order valence-corrected chi connectivity index (χ1v) is 17.7. The highest BCUT2D eigenvalue weighted by atomic mass is 16.7. The van der Waals surface area contributed by atoms with Crippen LogP contribution in [-0.4, -0.2) is 54.5 Å². The standard InChI is InChI=1S/C36H65N3O3/c1-26(2)9-6-10-27(3)30-13-14-31-29-12-11-28-25-36(42-33(40)41,19-24-39(22-7-20-37)23-8-21-38)18-17-34(28,4)32(29)15-16-35(30,31)5/h11,26-27,29-32H,6-10,12-25,37-38H2,1-5H3,(H,40,41)/t27-,29?,30-,31?,32?,34+,35-,36?/m1/s1. The molecular formula is C36H65N3O3. The van der Waals surface area contributed by atoms with Crippen molar-refractivity contribution in [2.24, 2.45) is 57.8 Å². The quantitative estimate of drug-likeness (QED) is 0.133. The van der Waals surface area contributed by atoms with Gasteiger partial charge in [0.1, 0.15) is 5.60 Å². The highest BCUT2D eigenvalue weighted by Gasteiger charge is 2.60. The molecule has 0 aliphatic heterocycles. The number of nitrogens with zero attached hydrogens (tertiary/aromatic N) is 1. The molecule has 0 aromatic rings. The Hall–Kier alpha value is -1.11. The summed E-state index contributed by atoms with van der Waals surface area (Å²) in [5.74, 6) is 4.85. The van der Waals surface area contributed by atoms with Crippen LogP contribution in [0.15, 0.2) is 11.6 Å². The SMILES string of the molecule is CC(C)CCC[C@@H](C)[C@H]1CCC2C3CC=C4CC(CCN(CCCN)CCCN)(OC(=O)O)CC[C@]4(C)C3CC[C@@]21C. The van der Waals surface area contributed by atoms with Crippen molar-refractivity contribution in [1.82, 2.24) is 4.90 Å². The van der Waals surface area contributed by atoms with Gasteiger partial charge in [-0.1, -0.05) is 65.5 Å². The minimum absolute atomic E-state index is 0.176. The Kier molecular flexibility index (Phi) is 11.5. The smallest absolute Gasteiger partial charge is 0.450 e. The lowest BCUT2D eigenvalue weighted by Crippen LogP contribution is -2.53. The molecule has 0 aromatic heterocycles. The van der Waals surface area contributed by atoms with Crippen LogP contribution in [0.5, 0.6) is 0 Å². The largest absolute Gasteiger partial charge is 0.506 e. The number of carbonyl (C=O) groups is 1. The lowest BCUT2D eigenvalue weighted by atomic mass is 9.46. The van der Waals surface area contributed by atoms with Crippen molar-refractivity contribution in [2.75, 3.05) is 32.7 Å². The molecule has 3 saturated carbocycles. The molecule has 0 spiro atoms. The van der Waals surface area contributed by atoms with Crippen molar-refractivity contribution in [3.8, 4) is 0 Å². The van der Waals surface area contributed by atoms with E-state index in [2.05, 4.69) is 45.6 Å². The summed E-state index contributed by atoms with van der Waals surface area (Å²) in [5, 5.41) is 9.82. The van der Waals surface area contributed by atoms with Crippen LogP contribution in [0.4, 0.5) is 4.79 Å². The molecule has 0 heterocycles. The van der Waals surface area contributed by atoms with Crippen molar-refractivity contribution in [1.29, 1.82) is 0 Å². The molecule has 4 aliphatic rings. The number of hydrogen-bond acceptors (Lipinski definition) is 5. The molecule has 6 nitrogen and oxygen atoms in total. The fourth-order valence-electron chi connectivity index (χ4n) is 10.6. The van der Waals surface area contributed by atoms with Crippen molar-refractivity contribution in [3.05, 3.63) is 11.6 Å². The summed E-state index contributed by atoms with van der Waals surface area (Å²) in [6, 6.07) is 0. The summed E-state index contributed by atoms with van der Waals surface area (Å²) in [5.41, 5.74) is 13.1. The minimum atomic E-state index is -1.13. The van der Waals surface area contributed by atoms with Gasteiger partial charge in [-0.2, -0.15) is 0 Å². The highest BCUT2D eigenvalue weighted by molar-refractivity contribution is 5.58. The van der Waals surface area contributed by atoms with Crippen LogP contribution in [0.3, 0.4) is 0 Å². The van der Waals surface area contributed by atoms with Gasteiger partial charge in [0.2, 0.25) is 0 Å². The van der Waals surface area contributed by atoms with Gasteiger partial charge in [0, 0.05) is 19.4 Å². The van der Waals surface area contributed by atoms with Gasteiger partial charge in [-0.05, 0) is 130 Å². The Balaban J connectivity index is 1.47. The predicted molar refractivity (Wildman–Crippen MR) is 173 cm³/mol. The summed E-state index contributed by atoms with van der Waals surface area (Å²) >= 11 is 0. The van der Waals surface area contributed by atoms with E-state index < -0.39 is 11.8 Å². The maximum absolute atomic E-state index is 12.0. The Morgan fingerprint density at radius 3 is 2.33 bits per heavy atom. The molecule has 42 heavy (non-hydrogen) atoms. The van der Waals surface area contributed by atoms with E-state index >= 15 is 0 Å². The van der Waals surface area contributed by atoms with Crippen molar-refractivity contribution in [2.45, 2.75) is 130 Å². The van der Waals surface area contributed by atoms with Gasteiger partial charge < -0.3 is 26.2 Å². The second kappa shape index (κ2) is 14.3. The Bertz CT molecular complexity index is 915. The lowest BCUT2D eigenvalue weighted by molar-refractivity contribution is -0.0889. The lowest BCUT2D eigenvalue weighted by Gasteiger charge is -2.59. The molecular weight excluding hydrogens is 522 g/mol. The van der Waals surface area contributed by atoms with E-state index in [0.29, 0.717) is 18.5 Å². The average Bonchev–Trinajstić information content (AvgIpc) is 3.30. The molecule has 8 atom stereocenters. The van der Waals surface area contributed by atoms with Gasteiger partial charge in [0.25, 0.3) is 0 Å². The monoisotopic (exact) mass is 588 g/mol. The van der Waals surface area contributed by atoms with Gasteiger partial charge in [-0.25, -0.2) is 4.79 Å². The first-order chi connectivity index (χ1) is 20.0. The van der Waals surface area contributed by atoms with Crippen LogP contribution < -0.4 is 11.5 Å². The summed E-state index contributed by atoms with van der Waals surface area (Å²) in [4.78, 5) is 14.4. The third kappa shape index (κ3) is 7.23. The highest BCUT2D eigenvalue weighted by Crippen LogP contribution is 2.68. The average molecular weight is 588 g/mol. The molecule has 6 heteroatoms. The number of nitrogens with two attached hydrogens (primary N) is 2. The van der Waals surface area contributed by atoms with E-state index in [4.69, 9.17) is 16.2 Å². The van der Waals surface area contributed by atoms with E-state index in [-0.39, 0.29) is 5.41 Å². The third-order valence-corrected chi connectivity index (χ3v) is 13.0. The predicted octanol–water partition coefficient (Wildman–Crippen LogP) is 7.85. The zero-order chi connectivity index (χ0) is 30.5. The Labute approximate surface area is 257 Å². The van der Waals surface area contributed by atoms with Gasteiger partial charge in [-0.15, -0.1) is 0 Å². The second-order valence-electron chi connectivity index (χ2n) is 15.9. The fraction of sp³-hybridized carbons (Fsp3) is 0.917. The molecule has 0 bridgehead atoms. The number of fused-ring (bicyclic) bond motifs is 5. The van der Waals surface area contributed by atoms with Crippen molar-refractivity contribution >= 4 is 6.16 Å². The van der Waals surface area contributed by atoms with Crippen LogP contribution in [0.1, 0.15) is 125 Å². The molecule has 4 unspecified atom stereocenters. The van der Waals surface area contributed by atoms with Crippen molar-refractivity contribution < 1.29 is 14.6 Å². The van der Waals surface area contributed by atoms with Crippen LogP contribution in [-0.2, 0) is 4.74 Å². The van der Waals surface area contributed by atoms with Crippen LogP contribution in [0, 0.1) is 46.3 Å². The molecule has 5 N–H and O–H groups in total.